The molecular weight excluding hydrogens is 422 g/mol. The molecule has 8 nitrogen and oxygen atoms in total. The fourth-order valence-corrected chi connectivity index (χ4v) is 3.00. The normalized spacial score (nSPS) is 10.5. The van der Waals surface area contributed by atoms with E-state index in [4.69, 9.17) is 14.2 Å². The highest BCUT2D eigenvalue weighted by atomic mass is 16.5. The Morgan fingerprint density at radius 3 is 2.21 bits per heavy atom. The van der Waals surface area contributed by atoms with Gasteiger partial charge in [-0.2, -0.15) is 5.10 Å². The van der Waals surface area contributed by atoms with E-state index in [-0.39, 0.29) is 5.56 Å². The van der Waals surface area contributed by atoms with Gasteiger partial charge in [0.1, 0.15) is 5.75 Å². The van der Waals surface area contributed by atoms with Crippen LogP contribution >= 0.6 is 0 Å². The summed E-state index contributed by atoms with van der Waals surface area (Å²) in [5.41, 5.74) is 5.30. The molecule has 2 amide bonds. The zero-order valence-corrected chi connectivity index (χ0v) is 18.8. The minimum Gasteiger partial charge on any atom is -0.497 e. The predicted octanol–water partition coefficient (Wildman–Crippen LogP) is 4.04. The third kappa shape index (κ3) is 5.88. The number of hydrogen-bond donors (Lipinski definition) is 2. The van der Waals surface area contributed by atoms with Crippen molar-refractivity contribution in [3.8, 4) is 17.2 Å². The molecule has 0 spiro atoms. The smallest absolute Gasteiger partial charge is 0.273 e. The average molecular weight is 447 g/mol. The first-order chi connectivity index (χ1) is 15.9. The number of amides is 2. The number of carbonyl (C=O) groups excluding carboxylic acids is 2. The third-order valence-electron chi connectivity index (χ3n) is 4.82. The molecule has 0 fully saturated rings. The van der Waals surface area contributed by atoms with Gasteiger partial charge in [-0.1, -0.05) is 29.8 Å². The van der Waals surface area contributed by atoms with E-state index >= 15 is 0 Å². The maximum atomic E-state index is 12.8. The van der Waals surface area contributed by atoms with E-state index in [1.807, 2.05) is 31.2 Å². The number of hydrogen-bond acceptors (Lipinski definition) is 6. The van der Waals surface area contributed by atoms with Gasteiger partial charge in [-0.25, -0.2) is 5.43 Å². The summed E-state index contributed by atoms with van der Waals surface area (Å²) in [5.74, 6) is 0.471. The Bertz CT molecular complexity index is 1170. The summed E-state index contributed by atoms with van der Waals surface area (Å²) >= 11 is 0. The largest absolute Gasteiger partial charge is 0.497 e. The lowest BCUT2D eigenvalue weighted by molar-refractivity contribution is 0.0955. The summed E-state index contributed by atoms with van der Waals surface area (Å²) in [6.07, 6.45) is 1.54. The first-order valence-electron chi connectivity index (χ1n) is 10.1. The molecule has 0 heterocycles. The minimum absolute atomic E-state index is 0.198. The van der Waals surface area contributed by atoms with Gasteiger partial charge in [0.2, 0.25) is 0 Å². The van der Waals surface area contributed by atoms with E-state index in [2.05, 4.69) is 15.8 Å². The number of ether oxygens (including phenoxy) is 3. The quantitative estimate of drug-likeness (QED) is 0.401. The Labute approximate surface area is 192 Å². The summed E-state index contributed by atoms with van der Waals surface area (Å²) in [6.45, 7) is 1.99. The van der Waals surface area contributed by atoms with Crippen molar-refractivity contribution in [3.05, 3.63) is 82.9 Å². The Kier molecular flexibility index (Phi) is 7.64. The number of nitrogens with one attached hydrogen (secondary N) is 2. The maximum Gasteiger partial charge on any atom is 0.273 e. The molecule has 33 heavy (non-hydrogen) atoms. The van der Waals surface area contributed by atoms with Gasteiger partial charge in [0, 0.05) is 5.56 Å². The zero-order valence-electron chi connectivity index (χ0n) is 18.8. The van der Waals surface area contributed by atoms with E-state index in [1.54, 1.807) is 36.5 Å². The van der Waals surface area contributed by atoms with Gasteiger partial charge in [0.15, 0.2) is 11.5 Å². The first kappa shape index (κ1) is 23.3. The lowest BCUT2D eigenvalue weighted by Gasteiger charge is -2.13. The van der Waals surface area contributed by atoms with Crippen LogP contribution in [0.2, 0.25) is 0 Å². The molecule has 8 heteroatoms. The second kappa shape index (κ2) is 10.8. The number of nitrogens with zero attached hydrogens (tertiary/aromatic N) is 1. The molecule has 3 aromatic carbocycles. The summed E-state index contributed by atoms with van der Waals surface area (Å²) in [4.78, 5) is 25.6. The van der Waals surface area contributed by atoms with Crippen LogP contribution < -0.4 is 25.0 Å². The molecule has 3 rings (SSSR count). The summed E-state index contributed by atoms with van der Waals surface area (Å²) in [7, 11) is 4.50. The molecule has 0 saturated carbocycles. The number of anilines is 1. The second-order valence-corrected chi connectivity index (χ2v) is 7.05. The van der Waals surface area contributed by atoms with Crippen LogP contribution in [0, 0.1) is 6.92 Å². The average Bonchev–Trinajstić information content (AvgIpc) is 2.84. The standard InChI is InChI=1S/C25H25N3O5/c1-16-5-7-17(8-6-16)15-26-28-25(30)20-14-19(31-2)10-11-21(20)27-24(29)18-9-12-22(32-3)23(13-18)33-4/h5-15H,1-4H3,(H,27,29)(H,28,30). The van der Waals surface area contributed by atoms with E-state index in [0.717, 1.165) is 11.1 Å². The monoisotopic (exact) mass is 447 g/mol. The second-order valence-electron chi connectivity index (χ2n) is 7.05. The number of benzene rings is 3. The van der Waals surface area contributed by atoms with E-state index in [1.165, 1.54) is 27.4 Å². The van der Waals surface area contributed by atoms with Crippen LogP contribution in [0.25, 0.3) is 0 Å². The van der Waals surface area contributed by atoms with Crippen molar-refractivity contribution in [2.24, 2.45) is 5.10 Å². The molecule has 170 valence electrons. The van der Waals surface area contributed by atoms with E-state index in [9.17, 15) is 9.59 Å². The molecule has 0 saturated heterocycles. The molecular formula is C25H25N3O5. The van der Waals surface area contributed by atoms with Crippen molar-refractivity contribution in [2.75, 3.05) is 26.6 Å². The van der Waals surface area contributed by atoms with E-state index < -0.39 is 11.8 Å². The van der Waals surface area contributed by atoms with Crippen LogP contribution in [0.3, 0.4) is 0 Å². The number of aryl methyl sites for hydroxylation is 1. The van der Waals surface area contributed by atoms with Gasteiger partial charge in [-0.3, -0.25) is 9.59 Å². The summed E-state index contributed by atoms with van der Waals surface area (Å²) in [5, 5.41) is 6.77. The Balaban J connectivity index is 1.80. The van der Waals surface area contributed by atoms with Crippen LogP contribution in [0.1, 0.15) is 31.8 Å². The molecule has 0 aliphatic rings. The first-order valence-corrected chi connectivity index (χ1v) is 10.1. The summed E-state index contributed by atoms with van der Waals surface area (Å²) in [6, 6.07) is 17.3. The molecule has 0 unspecified atom stereocenters. The molecule has 0 aromatic heterocycles. The van der Waals surface area contributed by atoms with Crippen LogP contribution in [0.15, 0.2) is 65.8 Å². The fourth-order valence-electron chi connectivity index (χ4n) is 3.00. The minimum atomic E-state index is -0.500. The SMILES string of the molecule is COc1ccc(NC(=O)c2ccc(OC)c(OC)c2)c(C(=O)NN=Cc2ccc(C)cc2)c1. The fraction of sp³-hybridized carbons (Fsp3) is 0.160. The van der Waals surface area contributed by atoms with Crippen molar-refractivity contribution in [1.29, 1.82) is 0 Å². The van der Waals surface area contributed by atoms with Gasteiger partial charge in [-0.05, 0) is 48.9 Å². The van der Waals surface area contributed by atoms with Crippen molar-refractivity contribution >= 4 is 23.7 Å². The highest BCUT2D eigenvalue weighted by molar-refractivity contribution is 6.09. The molecule has 3 aromatic rings. The van der Waals surface area contributed by atoms with Crippen molar-refractivity contribution in [1.82, 2.24) is 5.43 Å². The Hall–Kier alpha value is -4.33. The van der Waals surface area contributed by atoms with Gasteiger partial charge in [-0.15, -0.1) is 0 Å². The van der Waals surface area contributed by atoms with Crippen LogP contribution in [0.5, 0.6) is 17.2 Å². The van der Waals surface area contributed by atoms with Gasteiger partial charge < -0.3 is 19.5 Å². The van der Waals surface area contributed by atoms with Crippen LogP contribution in [-0.2, 0) is 0 Å². The van der Waals surface area contributed by atoms with Crippen LogP contribution in [0.4, 0.5) is 5.69 Å². The molecule has 0 aliphatic heterocycles. The molecule has 0 atom stereocenters. The van der Waals surface area contributed by atoms with Gasteiger partial charge in [0.05, 0.1) is 38.8 Å². The number of carbonyl (C=O) groups is 2. The molecule has 0 bridgehead atoms. The van der Waals surface area contributed by atoms with Gasteiger partial charge in [0.25, 0.3) is 11.8 Å². The molecule has 2 N–H and O–H groups in total. The van der Waals surface area contributed by atoms with Gasteiger partial charge >= 0.3 is 0 Å². The predicted molar refractivity (Wildman–Crippen MR) is 127 cm³/mol. The maximum absolute atomic E-state index is 12.8. The topological polar surface area (TPSA) is 98.3 Å². The van der Waals surface area contributed by atoms with E-state index in [0.29, 0.717) is 28.5 Å². The lowest BCUT2D eigenvalue weighted by atomic mass is 10.1. The highest BCUT2D eigenvalue weighted by Gasteiger charge is 2.17. The highest BCUT2D eigenvalue weighted by Crippen LogP contribution is 2.28. The summed E-state index contributed by atoms with van der Waals surface area (Å²) < 4.78 is 15.7. The van der Waals surface area contributed by atoms with Crippen molar-refractivity contribution in [2.45, 2.75) is 6.92 Å². The number of methoxy groups -OCH3 is 3. The Morgan fingerprint density at radius 1 is 0.818 bits per heavy atom. The van der Waals surface area contributed by atoms with Crippen molar-refractivity contribution in [3.63, 3.8) is 0 Å². The zero-order chi connectivity index (χ0) is 23.8. The lowest BCUT2D eigenvalue weighted by Crippen LogP contribution is -2.21. The number of rotatable bonds is 8. The van der Waals surface area contributed by atoms with Crippen molar-refractivity contribution < 1.29 is 23.8 Å². The number of hydrazone groups is 1. The van der Waals surface area contributed by atoms with Crippen LogP contribution in [-0.4, -0.2) is 39.4 Å². The third-order valence-corrected chi connectivity index (χ3v) is 4.82. The molecule has 0 aliphatic carbocycles. The molecule has 0 radical (unpaired) electrons. The Morgan fingerprint density at radius 2 is 1.55 bits per heavy atom.